The molecule has 1 aliphatic heterocycles. The van der Waals surface area contributed by atoms with E-state index in [2.05, 4.69) is 10.6 Å². The van der Waals surface area contributed by atoms with Crippen molar-refractivity contribution in [2.24, 2.45) is 5.92 Å². The predicted octanol–water partition coefficient (Wildman–Crippen LogP) is 2.52. The summed E-state index contributed by atoms with van der Waals surface area (Å²) in [6, 6.07) is 7.64. The lowest BCUT2D eigenvalue weighted by Crippen LogP contribution is -2.39. The topological polar surface area (TPSA) is 41.1 Å². The lowest BCUT2D eigenvalue weighted by atomic mass is 9.96. The fourth-order valence-corrected chi connectivity index (χ4v) is 2.47. The summed E-state index contributed by atoms with van der Waals surface area (Å²) < 4.78 is 0. The Labute approximate surface area is 113 Å². The van der Waals surface area contributed by atoms with Gasteiger partial charge >= 0.3 is 0 Å². The fourth-order valence-electron chi connectivity index (χ4n) is 2.27. The molecule has 1 aromatic rings. The summed E-state index contributed by atoms with van der Waals surface area (Å²) in [5.41, 5.74) is 1.05. The van der Waals surface area contributed by atoms with Crippen LogP contribution in [0, 0.1) is 5.92 Å². The molecular formula is C14H19ClN2O. The first kappa shape index (κ1) is 13.4. The minimum absolute atomic E-state index is 0.00563. The van der Waals surface area contributed by atoms with Gasteiger partial charge in [-0.3, -0.25) is 4.79 Å². The van der Waals surface area contributed by atoms with Crippen LogP contribution in [0.1, 0.15) is 31.4 Å². The highest BCUT2D eigenvalue weighted by atomic mass is 35.5. The van der Waals surface area contributed by atoms with Gasteiger partial charge < -0.3 is 10.6 Å². The molecule has 1 aromatic carbocycles. The molecular weight excluding hydrogens is 248 g/mol. The Morgan fingerprint density at radius 2 is 2.17 bits per heavy atom. The van der Waals surface area contributed by atoms with Crippen molar-refractivity contribution in [2.45, 2.75) is 25.8 Å². The minimum Gasteiger partial charge on any atom is -0.349 e. The van der Waals surface area contributed by atoms with E-state index in [4.69, 9.17) is 11.6 Å². The number of carbonyl (C=O) groups is 1. The summed E-state index contributed by atoms with van der Waals surface area (Å²) in [4.78, 5) is 12.1. The maximum absolute atomic E-state index is 12.1. The van der Waals surface area contributed by atoms with Gasteiger partial charge in [0.05, 0.1) is 6.04 Å². The molecule has 0 radical (unpaired) electrons. The predicted molar refractivity (Wildman–Crippen MR) is 73.6 cm³/mol. The van der Waals surface area contributed by atoms with Crippen LogP contribution in [0.25, 0.3) is 0 Å². The van der Waals surface area contributed by atoms with E-state index in [-0.39, 0.29) is 17.9 Å². The number of carbonyl (C=O) groups excluding carboxylic acids is 1. The van der Waals surface area contributed by atoms with Crippen LogP contribution in [0.5, 0.6) is 0 Å². The maximum Gasteiger partial charge on any atom is 0.223 e. The average Bonchev–Trinajstić information content (AvgIpc) is 2.39. The third kappa shape index (κ3) is 3.47. The molecule has 0 spiro atoms. The van der Waals surface area contributed by atoms with Crippen molar-refractivity contribution in [2.75, 3.05) is 13.1 Å². The van der Waals surface area contributed by atoms with Gasteiger partial charge in [0.25, 0.3) is 0 Å². The molecule has 18 heavy (non-hydrogen) atoms. The van der Waals surface area contributed by atoms with Crippen molar-refractivity contribution >= 4 is 17.5 Å². The molecule has 0 saturated carbocycles. The van der Waals surface area contributed by atoms with Crippen molar-refractivity contribution in [3.05, 3.63) is 34.9 Å². The second kappa shape index (κ2) is 6.21. The third-order valence-corrected chi connectivity index (χ3v) is 3.65. The Bertz CT molecular complexity index is 416. The van der Waals surface area contributed by atoms with Crippen molar-refractivity contribution < 1.29 is 4.79 Å². The van der Waals surface area contributed by atoms with Crippen LogP contribution in [0.2, 0.25) is 5.02 Å². The second-order valence-electron chi connectivity index (χ2n) is 4.81. The molecule has 4 heteroatoms. The van der Waals surface area contributed by atoms with E-state index in [1.807, 2.05) is 31.2 Å². The molecule has 0 unspecified atom stereocenters. The van der Waals surface area contributed by atoms with Gasteiger partial charge in [0.15, 0.2) is 0 Å². The van der Waals surface area contributed by atoms with Crippen molar-refractivity contribution in [3.63, 3.8) is 0 Å². The van der Waals surface area contributed by atoms with Crippen LogP contribution in [0.3, 0.4) is 0 Å². The lowest BCUT2D eigenvalue weighted by Gasteiger charge is -2.24. The zero-order chi connectivity index (χ0) is 13.0. The van der Waals surface area contributed by atoms with E-state index in [1.54, 1.807) is 0 Å². The summed E-state index contributed by atoms with van der Waals surface area (Å²) in [5, 5.41) is 7.04. The van der Waals surface area contributed by atoms with Gasteiger partial charge in [-0.05, 0) is 50.6 Å². The number of piperidine rings is 1. The number of nitrogens with one attached hydrogen (secondary N) is 2. The fraction of sp³-hybridized carbons (Fsp3) is 0.500. The molecule has 2 rings (SSSR count). The van der Waals surface area contributed by atoms with Crippen LogP contribution in [-0.4, -0.2) is 19.0 Å². The Kier molecular flexibility index (Phi) is 4.61. The average molecular weight is 267 g/mol. The number of hydrogen-bond donors (Lipinski definition) is 2. The molecule has 3 nitrogen and oxygen atoms in total. The molecule has 98 valence electrons. The first-order valence-electron chi connectivity index (χ1n) is 6.43. The van der Waals surface area contributed by atoms with E-state index in [9.17, 15) is 4.79 Å². The standard InChI is InChI=1S/C14H19ClN2O/c1-10(12-3-2-4-13(15)9-12)17-14(18)11-5-7-16-8-6-11/h2-4,9-11,16H,5-8H2,1H3,(H,17,18)/t10-/m1/s1. The highest BCUT2D eigenvalue weighted by Gasteiger charge is 2.22. The SMILES string of the molecule is C[C@@H](NC(=O)C1CCNCC1)c1cccc(Cl)c1. The summed E-state index contributed by atoms with van der Waals surface area (Å²) in [6.45, 7) is 3.86. The summed E-state index contributed by atoms with van der Waals surface area (Å²) in [7, 11) is 0. The molecule has 0 aromatic heterocycles. The highest BCUT2D eigenvalue weighted by Crippen LogP contribution is 2.19. The molecule has 1 atom stereocenters. The zero-order valence-electron chi connectivity index (χ0n) is 10.6. The molecule has 1 aliphatic rings. The quantitative estimate of drug-likeness (QED) is 0.883. The van der Waals surface area contributed by atoms with Gasteiger partial charge in [0.1, 0.15) is 0 Å². The van der Waals surface area contributed by atoms with Gasteiger partial charge in [-0.1, -0.05) is 23.7 Å². The minimum atomic E-state index is 0.00563. The van der Waals surface area contributed by atoms with Crippen LogP contribution in [-0.2, 0) is 4.79 Å². The molecule has 1 heterocycles. The van der Waals surface area contributed by atoms with Crippen LogP contribution in [0.4, 0.5) is 0 Å². The van der Waals surface area contributed by atoms with Gasteiger partial charge in [-0.25, -0.2) is 0 Å². The van der Waals surface area contributed by atoms with Crippen LogP contribution >= 0.6 is 11.6 Å². The third-order valence-electron chi connectivity index (χ3n) is 3.42. The molecule has 1 saturated heterocycles. The zero-order valence-corrected chi connectivity index (χ0v) is 11.3. The second-order valence-corrected chi connectivity index (χ2v) is 5.25. The Morgan fingerprint density at radius 1 is 1.44 bits per heavy atom. The van der Waals surface area contributed by atoms with Gasteiger partial charge in [-0.15, -0.1) is 0 Å². The molecule has 1 amide bonds. The van der Waals surface area contributed by atoms with Crippen molar-refractivity contribution in [1.29, 1.82) is 0 Å². The lowest BCUT2D eigenvalue weighted by molar-refractivity contribution is -0.126. The van der Waals surface area contributed by atoms with Crippen molar-refractivity contribution in [3.8, 4) is 0 Å². The van der Waals surface area contributed by atoms with E-state index in [0.717, 1.165) is 31.5 Å². The van der Waals surface area contributed by atoms with Crippen molar-refractivity contribution in [1.82, 2.24) is 10.6 Å². The smallest absolute Gasteiger partial charge is 0.223 e. The van der Waals surface area contributed by atoms with E-state index in [0.29, 0.717) is 5.02 Å². The van der Waals surface area contributed by atoms with Crippen LogP contribution in [0.15, 0.2) is 24.3 Å². The Hall–Kier alpha value is -1.06. The van der Waals surface area contributed by atoms with Gasteiger partial charge in [0, 0.05) is 10.9 Å². The number of hydrogen-bond acceptors (Lipinski definition) is 2. The normalized spacial score (nSPS) is 18.3. The van der Waals surface area contributed by atoms with E-state index in [1.165, 1.54) is 0 Å². The summed E-state index contributed by atoms with van der Waals surface area (Å²) in [5.74, 6) is 0.303. The molecule has 0 bridgehead atoms. The first-order valence-corrected chi connectivity index (χ1v) is 6.81. The highest BCUT2D eigenvalue weighted by molar-refractivity contribution is 6.30. The van der Waals surface area contributed by atoms with Gasteiger partial charge in [-0.2, -0.15) is 0 Å². The van der Waals surface area contributed by atoms with E-state index < -0.39 is 0 Å². The Morgan fingerprint density at radius 3 is 2.83 bits per heavy atom. The van der Waals surface area contributed by atoms with E-state index >= 15 is 0 Å². The maximum atomic E-state index is 12.1. The Balaban J connectivity index is 1.94. The first-order chi connectivity index (χ1) is 8.66. The summed E-state index contributed by atoms with van der Waals surface area (Å²) >= 11 is 5.95. The number of benzene rings is 1. The largest absolute Gasteiger partial charge is 0.349 e. The van der Waals surface area contributed by atoms with Gasteiger partial charge in [0.2, 0.25) is 5.91 Å². The number of rotatable bonds is 3. The molecule has 2 N–H and O–H groups in total. The number of amides is 1. The number of halogens is 1. The molecule has 0 aliphatic carbocycles. The summed E-state index contributed by atoms with van der Waals surface area (Å²) in [6.07, 6.45) is 1.85. The molecule has 1 fully saturated rings. The van der Waals surface area contributed by atoms with Crippen LogP contribution < -0.4 is 10.6 Å². The monoisotopic (exact) mass is 266 g/mol.